The van der Waals surface area contributed by atoms with Crippen LogP contribution in [0.25, 0.3) is 6.08 Å². The molecule has 0 saturated heterocycles. The number of hydrogen-bond donors (Lipinski definition) is 1. The van der Waals surface area contributed by atoms with E-state index in [2.05, 4.69) is 6.58 Å². The molecule has 0 unspecified atom stereocenters. The van der Waals surface area contributed by atoms with Crippen LogP contribution in [0.5, 0.6) is 5.75 Å². The van der Waals surface area contributed by atoms with Gasteiger partial charge in [0.15, 0.2) is 12.4 Å². The molecule has 2 heteroatoms. The molecule has 0 aliphatic rings. The fraction of sp³-hybridized carbons (Fsp3) is 0.125. The van der Waals surface area contributed by atoms with Gasteiger partial charge in [-0.15, -0.1) is 0 Å². The highest BCUT2D eigenvalue weighted by molar-refractivity contribution is 5.52. The molecule has 0 saturated carbocycles. The van der Waals surface area contributed by atoms with Gasteiger partial charge >= 0.3 is 0 Å². The molecule has 0 aliphatic heterocycles. The van der Waals surface area contributed by atoms with Gasteiger partial charge in [-0.1, -0.05) is 12.7 Å². The zero-order valence-corrected chi connectivity index (χ0v) is 5.91. The van der Waals surface area contributed by atoms with Crippen molar-refractivity contribution in [1.29, 1.82) is 0 Å². The van der Waals surface area contributed by atoms with Gasteiger partial charge in [-0.05, 0) is 0 Å². The average Bonchev–Trinajstić information content (AvgIpc) is 1.94. The van der Waals surface area contributed by atoms with Crippen molar-refractivity contribution in [2.75, 3.05) is 0 Å². The van der Waals surface area contributed by atoms with Crippen molar-refractivity contribution in [3.05, 3.63) is 30.6 Å². The molecule has 0 spiro atoms. The second-order valence-corrected chi connectivity index (χ2v) is 2.16. The molecule has 1 N–H and O–H groups in total. The molecular formula is C8H10NO+. The Labute approximate surface area is 60.1 Å². The maximum Gasteiger partial charge on any atom is 0.179 e. The van der Waals surface area contributed by atoms with Gasteiger partial charge in [0.1, 0.15) is 12.8 Å². The average molecular weight is 136 g/mol. The van der Waals surface area contributed by atoms with E-state index in [0.717, 1.165) is 5.56 Å². The van der Waals surface area contributed by atoms with Crippen LogP contribution >= 0.6 is 0 Å². The van der Waals surface area contributed by atoms with E-state index in [1.165, 1.54) is 0 Å². The SMILES string of the molecule is C=Cc1c[n+](C)ccc1O. The molecule has 0 aromatic carbocycles. The Bertz CT molecular complexity index is 255. The summed E-state index contributed by atoms with van der Waals surface area (Å²) >= 11 is 0. The Hall–Kier alpha value is -1.31. The van der Waals surface area contributed by atoms with Gasteiger partial charge in [-0.25, -0.2) is 4.57 Å². The quantitative estimate of drug-likeness (QED) is 0.569. The molecule has 10 heavy (non-hydrogen) atoms. The Morgan fingerprint density at radius 3 is 2.90 bits per heavy atom. The molecule has 0 atom stereocenters. The number of aryl methyl sites for hydroxylation is 1. The maximum atomic E-state index is 9.15. The zero-order valence-electron chi connectivity index (χ0n) is 5.91. The molecule has 1 heterocycles. The number of hydrogen-bond acceptors (Lipinski definition) is 1. The van der Waals surface area contributed by atoms with Crippen LogP contribution in [-0.2, 0) is 7.05 Å². The van der Waals surface area contributed by atoms with Crippen LogP contribution in [0.3, 0.4) is 0 Å². The Balaban J connectivity index is 3.21. The minimum Gasteiger partial charge on any atom is -0.507 e. The fourth-order valence-electron chi connectivity index (χ4n) is 0.770. The first-order valence-corrected chi connectivity index (χ1v) is 3.04. The molecule has 1 aromatic heterocycles. The summed E-state index contributed by atoms with van der Waals surface area (Å²) in [6, 6.07) is 1.64. The van der Waals surface area contributed by atoms with Crippen molar-refractivity contribution >= 4 is 6.08 Å². The Kier molecular flexibility index (Phi) is 1.71. The third-order valence-electron chi connectivity index (χ3n) is 1.33. The van der Waals surface area contributed by atoms with Gasteiger partial charge in [0.25, 0.3) is 0 Å². The normalized spacial score (nSPS) is 9.30. The standard InChI is InChI=1S/C8H9NO/c1-3-7-6-9(2)5-4-8(7)10/h3-6H,1H2,2H3/p+1. The fourth-order valence-corrected chi connectivity index (χ4v) is 0.770. The van der Waals surface area contributed by atoms with E-state index >= 15 is 0 Å². The van der Waals surface area contributed by atoms with Crippen LogP contribution in [0.4, 0.5) is 0 Å². The first-order valence-electron chi connectivity index (χ1n) is 3.04. The summed E-state index contributed by atoms with van der Waals surface area (Å²) in [5, 5.41) is 9.15. The summed E-state index contributed by atoms with van der Waals surface area (Å²) in [7, 11) is 1.90. The molecule has 1 rings (SSSR count). The molecular weight excluding hydrogens is 126 g/mol. The lowest BCUT2D eigenvalue weighted by molar-refractivity contribution is -0.671. The predicted octanol–water partition coefficient (Wildman–Crippen LogP) is 0.860. The third kappa shape index (κ3) is 1.16. The first-order chi connectivity index (χ1) is 4.74. The lowest BCUT2D eigenvalue weighted by Gasteiger charge is -1.93. The Morgan fingerprint density at radius 2 is 2.40 bits per heavy atom. The lowest BCUT2D eigenvalue weighted by atomic mass is 10.2. The second-order valence-electron chi connectivity index (χ2n) is 2.16. The Morgan fingerprint density at radius 1 is 1.70 bits per heavy atom. The van der Waals surface area contributed by atoms with Gasteiger partial charge < -0.3 is 5.11 Å². The van der Waals surface area contributed by atoms with E-state index in [1.54, 1.807) is 18.3 Å². The van der Waals surface area contributed by atoms with Crippen molar-refractivity contribution in [3.63, 3.8) is 0 Å². The van der Waals surface area contributed by atoms with Crippen LogP contribution in [0.15, 0.2) is 25.0 Å². The minimum absolute atomic E-state index is 0.271. The second kappa shape index (κ2) is 2.52. The van der Waals surface area contributed by atoms with Crippen molar-refractivity contribution in [3.8, 4) is 5.75 Å². The molecule has 0 bridgehead atoms. The predicted molar refractivity (Wildman–Crippen MR) is 39.4 cm³/mol. The molecule has 1 aromatic rings. The highest BCUT2D eigenvalue weighted by Crippen LogP contribution is 2.13. The van der Waals surface area contributed by atoms with Gasteiger partial charge in [0.2, 0.25) is 0 Å². The van der Waals surface area contributed by atoms with E-state index in [9.17, 15) is 0 Å². The summed E-state index contributed by atoms with van der Waals surface area (Å²) in [5.41, 5.74) is 0.755. The molecule has 2 nitrogen and oxygen atoms in total. The molecule has 0 fully saturated rings. The van der Waals surface area contributed by atoms with Crippen LogP contribution < -0.4 is 4.57 Å². The minimum atomic E-state index is 0.271. The number of aromatic nitrogens is 1. The van der Waals surface area contributed by atoms with Crippen LogP contribution in [0.1, 0.15) is 5.56 Å². The molecule has 0 radical (unpaired) electrons. The summed E-state index contributed by atoms with van der Waals surface area (Å²) in [6.07, 6.45) is 5.21. The van der Waals surface area contributed by atoms with E-state index in [4.69, 9.17) is 5.11 Å². The monoisotopic (exact) mass is 136 g/mol. The van der Waals surface area contributed by atoms with Crippen LogP contribution in [0, 0.1) is 0 Å². The molecule has 0 amide bonds. The smallest absolute Gasteiger partial charge is 0.179 e. The maximum absolute atomic E-state index is 9.15. The lowest BCUT2D eigenvalue weighted by Crippen LogP contribution is -2.26. The van der Waals surface area contributed by atoms with Crippen molar-refractivity contribution in [1.82, 2.24) is 0 Å². The number of rotatable bonds is 1. The van der Waals surface area contributed by atoms with E-state index in [1.807, 2.05) is 17.8 Å². The van der Waals surface area contributed by atoms with E-state index < -0.39 is 0 Å². The van der Waals surface area contributed by atoms with Crippen molar-refractivity contribution < 1.29 is 9.67 Å². The summed E-state index contributed by atoms with van der Waals surface area (Å²) in [4.78, 5) is 0. The zero-order chi connectivity index (χ0) is 7.56. The number of pyridine rings is 1. The number of aromatic hydroxyl groups is 1. The van der Waals surface area contributed by atoms with Crippen LogP contribution in [0.2, 0.25) is 0 Å². The summed E-state index contributed by atoms with van der Waals surface area (Å²) in [6.45, 7) is 3.56. The topological polar surface area (TPSA) is 24.1 Å². The molecule has 0 aliphatic carbocycles. The highest BCUT2D eigenvalue weighted by atomic mass is 16.3. The van der Waals surface area contributed by atoms with Gasteiger partial charge in [-0.2, -0.15) is 0 Å². The summed E-state index contributed by atoms with van der Waals surface area (Å²) < 4.78 is 1.86. The van der Waals surface area contributed by atoms with E-state index in [-0.39, 0.29) is 5.75 Å². The summed E-state index contributed by atoms with van der Waals surface area (Å²) in [5.74, 6) is 0.271. The van der Waals surface area contributed by atoms with Crippen LogP contribution in [-0.4, -0.2) is 5.11 Å². The van der Waals surface area contributed by atoms with Gasteiger partial charge in [0, 0.05) is 6.07 Å². The van der Waals surface area contributed by atoms with Crippen molar-refractivity contribution in [2.24, 2.45) is 7.05 Å². The first kappa shape index (κ1) is 6.81. The van der Waals surface area contributed by atoms with E-state index in [0.29, 0.717) is 0 Å². The van der Waals surface area contributed by atoms with Gasteiger partial charge in [-0.3, -0.25) is 0 Å². The largest absolute Gasteiger partial charge is 0.507 e. The number of nitrogens with zero attached hydrogens (tertiary/aromatic N) is 1. The van der Waals surface area contributed by atoms with Crippen molar-refractivity contribution in [2.45, 2.75) is 0 Å². The third-order valence-corrected chi connectivity index (χ3v) is 1.33. The van der Waals surface area contributed by atoms with Gasteiger partial charge in [0.05, 0.1) is 5.56 Å². The molecule has 52 valence electrons. The highest BCUT2D eigenvalue weighted by Gasteiger charge is 1.99.